The first kappa shape index (κ1) is 11.8. The Morgan fingerprint density at radius 3 is 2.83 bits per heavy atom. The van der Waals surface area contributed by atoms with Crippen molar-refractivity contribution < 1.29 is 9.47 Å². The van der Waals surface area contributed by atoms with Gasteiger partial charge in [0.25, 0.3) is 0 Å². The Balaban J connectivity index is 1.66. The van der Waals surface area contributed by atoms with Crippen LogP contribution in [-0.2, 0) is 0 Å². The van der Waals surface area contributed by atoms with Gasteiger partial charge in [-0.2, -0.15) is 0 Å². The second-order valence-electron chi connectivity index (χ2n) is 5.24. The van der Waals surface area contributed by atoms with Gasteiger partial charge in [0.15, 0.2) is 11.5 Å². The molecule has 1 aromatic carbocycles. The first-order valence-electron chi connectivity index (χ1n) is 6.59. The average molecular weight is 248 g/mol. The lowest BCUT2D eigenvalue weighted by Crippen LogP contribution is -2.41. The monoisotopic (exact) mass is 248 g/mol. The van der Waals surface area contributed by atoms with Crippen LogP contribution in [0.1, 0.15) is 30.9 Å². The van der Waals surface area contributed by atoms with E-state index in [1.54, 1.807) is 0 Å². The van der Waals surface area contributed by atoms with E-state index in [-0.39, 0.29) is 6.04 Å². The normalized spacial score (nSPS) is 19.9. The predicted octanol–water partition coefficient (Wildman–Crippen LogP) is 1.90. The molecule has 1 heterocycles. The summed E-state index contributed by atoms with van der Waals surface area (Å²) in [4.78, 5) is 2.37. The molecule has 1 saturated carbocycles. The highest BCUT2D eigenvalue weighted by molar-refractivity contribution is 5.45. The zero-order valence-corrected chi connectivity index (χ0v) is 10.8. The molecule has 1 unspecified atom stereocenters. The molecule has 1 aromatic rings. The lowest BCUT2D eigenvalue weighted by molar-refractivity contribution is 0.151. The van der Waals surface area contributed by atoms with Crippen molar-refractivity contribution >= 4 is 0 Å². The van der Waals surface area contributed by atoms with Crippen LogP contribution in [0.2, 0.25) is 0 Å². The molecule has 0 aromatic heterocycles. The quantitative estimate of drug-likeness (QED) is 0.884. The minimum absolute atomic E-state index is 0.0325. The summed E-state index contributed by atoms with van der Waals surface area (Å²) in [6.07, 6.45) is 3.98. The molecule has 4 nitrogen and oxygen atoms in total. The lowest BCUT2D eigenvalue weighted by atomic mass is 9.91. The molecule has 1 aliphatic heterocycles. The van der Waals surface area contributed by atoms with E-state index in [1.165, 1.54) is 19.3 Å². The van der Waals surface area contributed by atoms with Crippen molar-refractivity contribution in [3.8, 4) is 11.5 Å². The van der Waals surface area contributed by atoms with Crippen LogP contribution in [0.4, 0.5) is 0 Å². The van der Waals surface area contributed by atoms with Gasteiger partial charge in [0, 0.05) is 18.6 Å². The highest BCUT2D eigenvalue weighted by atomic mass is 16.7. The molecule has 0 radical (unpaired) electrons. The molecule has 1 fully saturated rings. The first-order valence-corrected chi connectivity index (χ1v) is 6.59. The third-order valence-electron chi connectivity index (χ3n) is 4.01. The van der Waals surface area contributed by atoms with Crippen molar-refractivity contribution in [2.45, 2.75) is 31.3 Å². The Bertz CT molecular complexity index is 432. The Hall–Kier alpha value is -1.26. The predicted molar refractivity (Wildman–Crippen MR) is 69.8 cm³/mol. The SMILES string of the molecule is CN(CC(N)c1ccc2c(c1)OCO2)C1CCC1. The van der Waals surface area contributed by atoms with E-state index in [9.17, 15) is 0 Å². The number of hydrogen-bond acceptors (Lipinski definition) is 4. The van der Waals surface area contributed by atoms with Crippen LogP contribution >= 0.6 is 0 Å². The van der Waals surface area contributed by atoms with E-state index >= 15 is 0 Å². The van der Waals surface area contributed by atoms with Gasteiger partial charge >= 0.3 is 0 Å². The number of nitrogens with two attached hydrogens (primary N) is 1. The van der Waals surface area contributed by atoms with Crippen LogP contribution in [0.25, 0.3) is 0 Å². The number of fused-ring (bicyclic) bond motifs is 1. The summed E-state index contributed by atoms with van der Waals surface area (Å²) >= 11 is 0. The van der Waals surface area contributed by atoms with Crippen molar-refractivity contribution in [2.75, 3.05) is 20.4 Å². The van der Waals surface area contributed by atoms with Gasteiger partial charge in [-0.15, -0.1) is 0 Å². The third kappa shape index (κ3) is 2.18. The molecular formula is C14H20N2O2. The maximum absolute atomic E-state index is 6.27. The molecule has 0 spiro atoms. The zero-order chi connectivity index (χ0) is 12.5. The molecule has 98 valence electrons. The molecule has 0 bridgehead atoms. The van der Waals surface area contributed by atoms with E-state index in [4.69, 9.17) is 15.2 Å². The van der Waals surface area contributed by atoms with Crippen molar-refractivity contribution in [2.24, 2.45) is 5.73 Å². The summed E-state index contributed by atoms with van der Waals surface area (Å²) in [5, 5.41) is 0. The summed E-state index contributed by atoms with van der Waals surface area (Å²) < 4.78 is 10.7. The van der Waals surface area contributed by atoms with Crippen molar-refractivity contribution in [1.29, 1.82) is 0 Å². The van der Waals surface area contributed by atoms with Crippen LogP contribution in [0.15, 0.2) is 18.2 Å². The Labute approximate surface area is 108 Å². The summed E-state index contributed by atoms with van der Waals surface area (Å²) in [6.45, 7) is 1.21. The van der Waals surface area contributed by atoms with Gasteiger partial charge in [-0.3, -0.25) is 0 Å². The zero-order valence-electron chi connectivity index (χ0n) is 10.8. The Morgan fingerprint density at radius 1 is 1.33 bits per heavy atom. The highest BCUT2D eigenvalue weighted by Gasteiger charge is 2.24. The van der Waals surface area contributed by atoms with Gasteiger partial charge in [0.1, 0.15) is 0 Å². The molecule has 2 aliphatic rings. The maximum Gasteiger partial charge on any atom is 0.231 e. The summed E-state index contributed by atoms with van der Waals surface area (Å²) in [6, 6.07) is 6.74. The van der Waals surface area contributed by atoms with Gasteiger partial charge in [-0.1, -0.05) is 12.5 Å². The Kier molecular flexibility index (Phi) is 3.14. The van der Waals surface area contributed by atoms with E-state index < -0.39 is 0 Å². The van der Waals surface area contributed by atoms with Gasteiger partial charge < -0.3 is 20.1 Å². The largest absolute Gasteiger partial charge is 0.454 e. The summed E-state index contributed by atoms with van der Waals surface area (Å²) in [5.41, 5.74) is 7.38. The van der Waals surface area contributed by atoms with Crippen molar-refractivity contribution in [3.05, 3.63) is 23.8 Å². The molecule has 3 rings (SSSR count). The minimum atomic E-state index is 0.0325. The van der Waals surface area contributed by atoms with Gasteiger partial charge in [0.2, 0.25) is 6.79 Å². The molecule has 2 N–H and O–H groups in total. The smallest absolute Gasteiger partial charge is 0.231 e. The van der Waals surface area contributed by atoms with Crippen LogP contribution in [0.5, 0.6) is 11.5 Å². The van der Waals surface area contributed by atoms with Gasteiger partial charge in [-0.05, 0) is 37.6 Å². The van der Waals surface area contributed by atoms with Crippen LogP contribution in [0.3, 0.4) is 0 Å². The number of benzene rings is 1. The second kappa shape index (κ2) is 4.78. The molecular weight excluding hydrogens is 228 g/mol. The Morgan fingerprint density at radius 2 is 2.11 bits per heavy atom. The second-order valence-corrected chi connectivity index (χ2v) is 5.24. The minimum Gasteiger partial charge on any atom is -0.454 e. The number of likely N-dealkylation sites (N-methyl/N-ethyl adjacent to an activating group) is 1. The molecule has 4 heteroatoms. The fraction of sp³-hybridized carbons (Fsp3) is 0.571. The standard InChI is InChI=1S/C14H20N2O2/c1-16(11-3-2-4-11)8-12(15)10-5-6-13-14(7-10)18-9-17-13/h5-7,11-12H,2-4,8-9,15H2,1H3. The van der Waals surface area contributed by atoms with Gasteiger partial charge in [0.05, 0.1) is 0 Å². The fourth-order valence-electron chi connectivity index (χ4n) is 2.54. The topological polar surface area (TPSA) is 47.7 Å². The van der Waals surface area contributed by atoms with E-state index in [1.807, 2.05) is 18.2 Å². The van der Waals surface area contributed by atoms with E-state index in [2.05, 4.69) is 11.9 Å². The number of ether oxygens (including phenoxy) is 2. The van der Waals surface area contributed by atoms with Crippen LogP contribution in [0, 0.1) is 0 Å². The highest BCUT2D eigenvalue weighted by Crippen LogP contribution is 2.34. The van der Waals surface area contributed by atoms with E-state index in [0.29, 0.717) is 6.79 Å². The van der Waals surface area contributed by atoms with E-state index in [0.717, 1.165) is 29.6 Å². The van der Waals surface area contributed by atoms with Gasteiger partial charge in [-0.25, -0.2) is 0 Å². The molecule has 0 saturated heterocycles. The molecule has 1 aliphatic carbocycles. The lowest BCUT2D eigenvalue weighted by Gasteiger charge is -2.36. The maximum atomic E-state index is 6.27. The molecule has 1 atom stereocenters. The van der Waals surface area contributed by atoms with Crippen molar-refractivity contribution in [1.82, 2.24) is 4.90 Å². The number of hydrogen-bond donors (Lipinski definition) is 1. The number of nitrogens with zero attached hydrogens (tertiary/aromatic N) is 1. The molecule has 0 amide bonds. The molecule has 18 heavy (non-hydrogen) atoms. The van der Waals surface area contributed by atoms with Crippen LogP contribution in [-0.4, -0.2) is 31.3 Å². The summed E-state index contributed by atoms with van der Waals surface area (Å²) in [7, 11) is 2.16. The van der Waals surface area contributed by atoms with Crippen molar-refractivity contribution in [3.63, 3.8) is 0 Å². The number of rotatable bonds is 4. The van der Waals surface area contributed by atoms with Crippen LogP contribution < -0.4 is 15.2 Å². The first-order chi connectivity index (χ1) is 8.74. The third-order valence-corrected chi connectivity index (χ3v) is 4.01. The average Bonchev–Trinajstić information content (AvgIpc) is 2.72. The fourth-order valence-corrected chi connectivity index (χ4v) is 2.54. The summed E-state index contributed by atoms with van der Waals surface area (Å²) in [5.74, 6) is 1.63.